The fourth-order valence-corrected chi connectivity index (χ4v) is 4.08. The highest BCUT2D eigenvalue weighted by molar-refractivity contribution is 5.98. The number of anilines is 1. The number of hydrogen-bond acceptors (Lipinski definition) is 5. The molecule has 2 aliphatic rings. The zero-order valence-corrected chi connectivity index (χ0v) is 16.2. The molecule has 4 rings (SSSR count). The number of piperazine rings is 1. The number of amides is 1. The van der Waals surface area contributed by atoms with Crippen LogP contribution in [0, 0.1) is 0 Å². The Kier molecular flexibility index (Phi) is 5.06. The number of nitrogens with zero attached hydrogens (tertiary/aromatic N) is 4. The molecule has 0 bridgehead atoms. The zero-order chi connectivity index (χ0) is 19.0. The third kappa shape index (κ3) is 3.80. The van der Waals surface area contributed by atoms with Gasteiger partial charge in [0.2, 0.25) is 0 Å². The van der Waals surface area contributed by atoms with Gasteiger partial charge in [-0.3, -0.25) is 9.69 Å². The average Bonchev–Trinajstić information content (AvgIpc) is 3.10. The summed E-state index contributed by atoms with van der Waals surface area (Å²) in [6.07, 6.45) is 3.03. The number of aliphatic hydroxyl groups excluding tert-OH is 1. The van der Waals surface area contributed by atoms with E-state index < -0.39 is 6.10 Å². The minimum Gasteiger partial charge on any atom is -0.391 e. The van der Waals surface area contributed by atoms with Gasteiger partial charge in [0.1, 0.15) is 11.5 Å². The molecule has 2 aromatic rings. The Bertz CT molecular complexity index is 810. The summed E-state index contributed by atoms with van der Waals surface area (Å²) in [5.41, 5.74) is 1.45. The molecule has 0 aromatic carbocycles. The van der Waals surface area contributed by atoms with Crippen LogP contribution in [0.3, 0.4) is 0 Å². The molecule has 1 unspecified atom stereocenters. The first kappa shape index (κ1) is 18.3. The number of nitrogens with one attached hydrogen (secondary N) is 1. The number of fused-ring (bicyclic) bond motifs is 1. The van der Waals surface area contributed by atoms with Crippen molar-refractivity contribution in [2.45, 2.75) is 38.8 Å². The molecule has 0 spiro atoms. The van der Waals surface area contributed by atoms with Crippen LogP contribution in [0.2, 0.25) is 0 Å². The molecule has 1 amide bonds. The van der Waals surface area contributed by atoms with Crippen molar-refractivity contribution in [3.05, 3.63) is 24.0 Å². The van der Waals surface area contributed by atoms with Crippen molar-refractivity contribution in [2.75, 3.05) is 44.2 Å². The number of aliphatic hydroxyl groups is 1. The van der Waals surface area contributed by atoms with Crippen molar-refractivity contribution in [1.29, 1.82) is 0 Å². The van der Waals surface area contributed by atoms with Crippen LogP contribution in [0.15, 0.2) is 18.3 Å². The van der Waals surface area contributed by atoms with Crippen LogP contribution in [-0.4, -0.2) is 82.2 Å². The van der Waals surface area contributed by atoms with Crippen molar-refractivity contribution >= 4 is 22.6 Å². The van der Waals surface area contributed by atoms with E-state index in [1.54, 1.807) is 4.90 Å². The summed E-state index contributed by atoms with van der Waals surface area (Å²) in [5, 5.41) is 10.8. The van der Waals surface area contributed by atoms with E-state index >= 15 is 0 Å². The third-order valence-corrected chi connectivity index (χ3v) is 5.77. The van der Waals surface area contributed by atoms with Gasteiger partial charge in [0, 0.05) is 50.7 Å². The largest absolute Gasteiger partial charge is 0.391 e. The quantitative estimate of drug-likeness (QED) is 0.859. The first-order valence-corrected chi connectivity index (χ1v) is 9.96. The molecule has 2 N–H and O–H groups in total. The smallest absolute Gasteiger partial charge is 0.270 e. The molecule has 7 heteroatoms. The number of aromatic nitrogens is 2. The first-order chi connectivity index (χ1) is 13.0. The van der Waals surface area contributed by atoms with Crippen molar-refractivity contribution in [2.24, 2.45) is 0 Å². The molecule has 2 fully saturated rings. The van der Waals surface area contributed by atoms with Gasteiger partial charge < -0.3 is 19.9 Å². The Morgan fingerprint density at radius 2 is 2.00 bits per heavy atom. The number of aromatic amines is 1. The highest BCUT2D eigenvalue weighted by Crippen LogP contribution is 2.23. The fraction of sp³-hybridized carbons (Fsp3) is 0.600. The monoisotopic (exact) mass is 371 g/mol. The SMILES string of the molecule is CC(C)N1CCN(c2cc3cc(C(=O)N4CCCC(O)C4)[nH]c3cn2)CC1. The van der Waals surface area contributed by atoms with Crippen molar-refractivity contribution in [1.82, 2.24) is 19.8 Å². The van der Waals surface area contributed by atoms with Gasteiger partial charge in [0.15, 0.2) is 0 Å². The Balaban J connectivity index is 1.50. The minimum absolute atomic E-state index is 0.0444. The molecule has 2 saturated heterocycles. The molecular weight excluding hydrogens is 342 g/mol. The van der Waals surface area contributed by atoms with E-state index in [4.69, 9.17) is 0 Å². The molecule has 7 nitrogen and oxygen atoms in total. The lowest BCUT2D eigenvalue weighted by Crippen LogP contribution is -2.49. The van der Waals surface area contributed by atoms with E-state index in [9.17, 15) is 9.90 Å². The molecule has 4 heterocycles. The van der Waals surface area contributed by atoms with Gasteiger partial charge in [0.05, 0.1) is 17.8 Å². The van der Waals surface area contributed by atoms with Gasteiger partial charge in [-0.15, -0.1) is 0 Å². The Morgan fingerprint density at radius 1 is 1.22 bits per heavy atom. The Labute approximate surface area is 160 Å². The lowest BCUT2D eigenvalue weighted by molar-refractivity contribution is 0.0470. The molecule has 0 saturated carbocycles. The van der Waals surface area contributed by atoms with E-state index in [2.05, 4.69) is 39.7 Å². The maximum Gasteiger partial charge on any atom is 0.270 e. The van der Waals surface area contributed by atoms with Crippen LogP contribution in [-0.2, 0) is 0 Å². The maximum absolute atomic E-state index is 12.7. The van der Waals surface area contributed by atoms with Crippen molar-refractivity contribution in [3.63, 3.8) is 0 Å². The van der Waals surface area contributed by atoms with Gasteiger partial charge in [-0.2, -0.15) is 0 Å². The third-order valence-electron chi connectivity index (χ3n) is 5.77. The van der Waals surface area contributed by atoms with E-state index in [1.807, 2.05) is 12.3 Å². The van der Waals surface area contributed by atoms with E-state index in [0.717, 1.165) is 55.7 Å². The van der Waals surface area contributed by atoms with Crippen LogP contribution in [0.25, 0.3) is 10.9 Å². The lowest BCUT2D eigenvalue weighted by Gasteiger charge is -2.37. The predicted octanol–water partition coefficient (Wildman–Crippen LogP) is 1.69. The number of rotatable bonds is 3. The molecular formula is C20H29N5O2. The highest BCUT2D eigenvalue weighted by atomic mass is 16.3. The van der Waals surface area contributed by atoms with E-state index in [-0.39, 0.29) is 5.91 Å². The summed E-state index contributed by atoms with van der Waals surface area (Å²) in [5.74, 6) is 0.925. The molecule has 146 valence electrons. The summed E-state index contributed by atoms with van der Waals surface area (Å²) >= 11 is 0. The molecule has 0 radical (unpaired) electrons. The normalized spacial score (nSPS) is 22.0. The number of carbonyl (C=O) groups is 1. The van der Waals surface area contributed by atoms with Crippen LogP contribution < -0.4 is 4.90 Å². The van der Waals surface area contributed by atoms with Crippen molar-refractivity contribution < 1.29 is 9.90 Å². The van der Waals surface area contributed by atoms with Crippen LogP contribution in [0.1, 0.15) is 37.2 Å². The van der Waals surface area contributed by atoms with Gasteiger partial charge in [-0.1, -0.05) is 0 Å². The molecule has 1 atom stereocenters. The summed E-state index contributed by atoms with van der Waals surface area (Å²) in [6.45, 7) is 9.63. The topological polar surface area (TPSA) is 75.7 Å². The highest BCUT2D eigenvalue weighted by Gasteiger charge is 2.25. The van der Waals surface area contributed by atoms with E-state index in [0.29, 0.717) is 24.8 Å². The van der Waals surface area contributed by atoms with Crippen LogP contribution >= 0.6 is 0 Å². The second-order valence-corrected chi connectivity index (χ2v) is 7.98. The summed E-state index contributed by atoms with van der Waals surface area (Å²) in [7, 11) is 0. The van der Waals surface area contributed by atoms with Crippen molar-refractivity contribution in [3.8, 4) is 0 Å². The van der Waals surface area contributed by atoms with Crippen LogP contribution in [0.5, 0.6) is 0 Å². The Hall–Kier alpha value is -2.12. The standard InChI is InChI=1S/C20H29N5O2/c1-14(2)23-6-8-24(9-7-23)19-11-15-10-17(22-18(15)12-21-19)20(27)25-5-3-4-16(26)13-25/h10-12,14,16,22,26H,3-9,13H2,1-2H3. The summed E-state index contributed by atoms with van der Waals surface area (Å²) < 4.78 is 0. The van der Waals surface area contributed by atoms with Crippen LogP contribution in [0.4, 0.5) is 5.82 Å². The molecule has 2 aromatic heterocycles. The number of hydrogen-bond donors (Lipinski definition) is 2. The first-order valence-electron chi connectivity index (χ1n) is 9.96. The number of β-amino-alcohol motifs (C(OH)–C–C–N with tert-alkyl or cyclic N) is 1. The number of pyridine rings is 1. The number of H-pyrrole nitrogens is 1. The average molecular weight is 371 g/mol. The lowest BCUT2D eigenvalue weighted by atomic mass is 10.1. The summed E-state index contributed by atoms with van der Waals surface area (Å²) in [6, 6.07) is 4.56. The zero-order valence-electron chi connectivity index (χ0n) is 16.2. The number of carbonyl (C=O) groups excluding carboxylic acids is 1. The fourth-order valence-electron chi connectivity index (χ4n) is 4.08. The maximum atomic E-state index is 12.7. The summed E-state index contributed by atoms with van der Waals surface area (Å²) in [4.78, 5) is 27.1. The Morgan fingerprint density at radius 3 is 2.70 bits per heavy atom. The number of likely N-dealkylation sites (tertiary alicyclic amines) is 1. The molecule has 2 aliphatic heterocycles. The molecule has 27 heavy (non-hydrogen) atoms. The van der Waals surface area contributed by atoms with Gasteiger partial charge in [0.25, 0.3) is 5.91 Å². The second-order valence-electron chi connectivity index (χ2n) is 7.98. The minimum atomic E-state index is -0.412. The molecule has 0 aliphatic carbocycles. The van der Waals surface area contributed by atoms with Gasteiger partial charge in [-0.25, -0.2) is 4.98 Å². The predicted molar refractivity (Wildman–Crippen MR) is 106 cm³/mol. The van der Waals surface area contributed by atoms with E-state index in [1.165, 1.54) is 0 Å². The second kappa shape index (κ2) is 7.48. The van der Waals surface area contributed by atoms with Gasteiger partial charge in [-0.05, 0) is 38.8 Å². The number of piperidine rings is 1. The van der Waals surface area contributed by atoms with Gasteiger partial charge >= 0.3 is 0 Å².